The molecular formula is C16H20N2O3. The molecule has 5 nitrogen and oxygen atoms in total. The molecule has 1 fully saturated rings. The van der Waals surface area contributed by atoms with E-state index in [4.69, 9.17) is 4.74 Å². The number of nitrogens with one attached hydrogen (secondary N) is 1. The smallest absolute Gasteiger partial charge is 0.226 e. The quantitative estimate of drug-likeness (QED) is 0.921. The molecule has 0 bridgehead atoms. The van der Waals surface area contributed by atoms with Crippen LogP contribution in [-0.2, 0) is 16.0 Å². The number of benzene rings is 1. The van der Waals surface area contributed by atoms with E-state index in [1.807, 2.05) is 25.1 Å². The van der Waals surface area contributed by atoms with Crippen molar-refractivity contribution in [2.24, 2.45) is 0 Å². The Hall–Kier alpha value is -2.04. The number of fused-ring (bicyclic) bond motifs is 1. The first-order chi connectivity index (χ1) is 10.1. The lowest BCUT2D eigenvalue weighted by Gasteiger charge is -2.15. The van der Waals surface area contributed by atoms with Gasteiger partial charge in [0, 0.05) is 38.0 Å². The molecule has 0 spiro atoms. The number of hydrogen-bond acceptors (Lipinski definition) is 3. The van der Waals surface area contributed by atoms with E-state index < -0.39 is 0 Å². The van der Waals surface area contributed by atoms with Gasteiger partial charge in [-0.1, -0.05) is 0 Å². The molecule has 1 aromatic rings. The van der Waals surface area contributed by atoms with E-state index in [2.05, 4.69) is 5.32 Å². The highest BCUT2D eigenvalue weighted by Gasteiger charge is 2.21. The minimum absolute atomic E-state index is 0.0541. The van der Waals surface area contributed by atoms with Crippen molar-refractivity contribution < 1.29 is 14.3 Å². The normalized spacial score (nSPS) is 20.3. The number of carbonyl (C=O) groups excluding carboxylic acids is 2. The van der Waals surface area contributed by atoms with E-state index in [9.17, 15) is 9.59 Å². The van der Waals surface area contributed by atoms with Crippen LogP contribution in [-0.4, -0.2) is 35.9 Å². The van der Waals surface area contributed by atoms with Gasteiger partial charge >= 0.3 is 0 Å². The lowest BCUT2D eigenvalue weighted by molar-refractivity contribution is -0.128. The highest BCUT2D eigenvalue weighted by Crippen LogP contribution is 2.30. The van der Waals surface area contributed by atoms with Crippen LogP contribution in [0.15, 0.2) is 18.2 Å². The standard InChI is InChI=1S/C16H20N2O3/c1-11-9-12-10-13(4-5-14(12)21-11)17-15(19)6-8-18-7-2-3-16(18)20/h4-5,10-11H,2-3,6-9H2,1H3,(H,17,19). The third-order valence-electron chi connectivity index (χ3n) is 3.96. The number of carbonyl (C=O) groups is 2. The van der Waals surface area contributed by atoms with Crippen LogP contribution in [0.1, 0.15) is 31.7 Å². The SMILES string of the molecule is CC1Cc2cc(NC(=O)CCN3CCCC3=O)ccc2O1. The van der Waals surface area contributed by atoms with Crippen LogP contribution < -0.4 is 10.1 Å². The number of likely N-dealkylation sites (tertiary alicyclic amines) is 1. The van der Waals surface area contributed by atoms with Crippen molar-refractivity contribution in [1.29, 1.82) is 0 Å². The van der Waals surface area contributed by atoms with Crippen molar-refractivity contribution in [2.45, 2.75) is 38.7 Å². The molecule has 2 aliphatic rings. The first-order valence-electron chi connectivity index (χ1n) is 7.49. The van der Waals surface area contributed by atoms with Crippen LogP contribution in [0.2, 0.25) is 0 Å². The largest absolute Gasteiger partial charge is 0.490 e. The fourth-order valence-corrected chi connectivity index (χ4v) is 2.90. The molecule has 2 heterocycles. The highest BCUT2D eigenvalue weighted by atomic mass is 16.5. The van der Waals surface area contributed by atoms with Gasteiger partial charge in [0.2, 0.25) is 11.8 Å². The maximum atomic E-state index is 12.0. The highest BCUT2D eigenvalue weighted by molar-refractivity contribution is 5.91. The second-order valence-electron chi connectivity index (χ2n) is 5.74. The molecular weight excluding hydrogens is 268 g/mol. The number of rotatable bonds is 4. The average Bonchev–Trinajstić information content (AvgIpc) is 3.00. The van der Waals surface area contributed by atoms with Gasteiger partial charge in [0.05, 0.1) is 0 Å². The van der Waals surface area contributed by atoms with Crippen molar-refractivity contribution >= 4 is 17.5 Å². The summed E-state index contributed by atoms with van der Waals surface area (Å²) < 4.78 is 5.64. The summed E-state index contributed by atoms with van der Waals surface area (Å²) >= 11 is 0. The Morgan fingerprint density at radius 3 is 3.10 bits per heavy atom. The predicted octanol–water partition coefficient (Wildman–Crippen LogP) is 1.96. The minimum atomic E-state index is -0.0541. The summed E-state index contributed by atoms with van der Waals surface area (Å²) in [6.45, 7) is 3.32. The predicted molar refractivity (Wildman–Crippen MR) is 79.3 cm³/mol. The van der Waals surface area contributed by atoms with E-state index in [-0.39, 0.29) is 17.9 Å². The summed E-state index contributed by atoms with van der Waals surface area (Å²) in [5, 5.41) is 2.89. The van der Waals surface area contributed by atoms with Gasteiger partial charge < -0.3 is 15.0 Å². The van der Waals surface area contributed by atoms with Crippen molar-refractivity contribution in [2.75, 3.05) is 18.4 Å². The van der Waals surface area contributed by atoms with Gasteiger partial charge in [0.1, 0.15) is 11.9 Å². The molecule has 1 aromatic carbocycles. The Balaban J connectivity index is 1.53. The molecule has 1 saturated heterocycles. The second kappa shape index (κ2) is 5.76. The summed E-state index contributed by atoms with van der Waals surface area (Å²) in [6.07, 6.45) is 2.94. The molecule has 1 N–H and O–H groups in total. The lowest BCUT2D eigenvalue weighted by atomic mass is 10.1. The first-order valence-corrected chi connectivity index (χ1v) is 7.49. The zero-order chi connectivity index (χ0) is 14.8. The molecule has 0 radical (unpaired) electrons. The van der Waals surface area contributed by atoms with E-state index >= 15 is 0 Å². The van der Waals surface area contributed by atoms with Crippen LogP contribution in [0.25, 0.3) is 0 Å². The van der Waals surface area contributed by atoms with Crippen LogP contribution in [0.5, 0.6) is 5.75 Å². The Labute approximate surface area is 124 Å². The molecule has 0 aliphatic carbocycles. The molecule has 112 valence electrons. The van der Waals surface area contributed by atoms with Gasteiger partial charge in [-0.05, 0) is 37.1 Å². The van der Waals surface area contributed by atoms with Crippen molar-refractivity contribution in [3.8, 4) is 5.75 Å². The van der Waals surface area contributed by atoms with Crippen molar-refractivity contribution in [1.82, 2.24) is 4.90 Å². The number of anilines is 1. The summed E-state index contributed by atoms with van der Waals surface area (Å²) in [7, 11) is 0. The van der Waals surface area contributed by atoms with Crippen LogP contribution >= 0.6 is 0 Å². The van der Waals surface area contributed by atoms with Crippen molar-refractivity contribution in [3.05, 3.63) is 23.8 Å². The van der Waals surface area contributed by atoms with Crippen LogP contribution in [0.3, 0.4) is 0 Å². The van der Waals surface area contributed by atoms with Gasteiger partial charge in [-0.2, -0.15) is 0 Å². The van der Waals surface area contributed by atoms with Gasteiger partial charge in [-0.15, -0.1) is 0 Å². The molecule has 2 aliphatic heterocycles. The zero-order valence-corrected chi connectivity index (χ0v) is 12.2. The Kier molecular flexibility index (Phi) is 3.82. The van der Waals surface area contributed by atoms with Gasteiger partial charge in [0.15, 0.2) is 0 Å². The van der Waals surface area contributed by atoms with E-state index in [0.717, 1.165) is 36.4 Å². The topological polar surface area (TPSA) is 58.6 Å². The molecule has 5 heteroatoms. The third kappa shape index (κ3) is 3.17. The molecule has 2 amide bonds. The monoisotopic (exact) mass is 288 g/mol. The van der Waals surface area contributed by atoms with Gasteiger partial charge in [-0.25, -0.2) is 0 Å². The Bertz CT molecular complexity index is 571. The summed E-state index contributed by atoms with van der Waals surface area (Å²) in [5.41, 5.74) is 1.93. The maximum Gasteiger partial charge on any atom is 0.226 e. The van der Waals surface area contributed by atoms with Crippen LogP contribution in [0, 0.1) is 0 Å². The van der Waals surface area contributed by atoms with Crippen LogP contribution in [0.4, 0.5) is 5.69 Å². The summed E-state index contributed by atoms with van der Waals surface area (Å²) in [5.74, 6) is 1.01. The van der Waals surface area contributed by atoms with E-state index in [0.29, 0.717) is 19.4 Å². The van der Waals surface area contributed by atoms with Gasteiger partial charge in [0.25, 0.3) is 0 Å². The van der Waals surface area contributed by atoms with Gasteiger partial charge in [-0.3, -0.25) is 9.59 Å². The fourth-order valence-electron chi connectivity index (χ4n) is 2.90. The van der Waals surface area contributed by atoms with Crippen molar-refractivity contribution in [3.63, 3.8) is 0 Å². The number of nitrogens with zero attached hydrogens (tertiary/aromatic N) is 1. The molecule has 1 atom stereocenters. The van der Waals surface area contributed by atoms with E-state index in [1.165, 1.54) is 0 Å². The third-order valence-corrected chi connectivity index (χ3v) is 3.96. The number of amides is 2. The Morgan fingerprint density at radius 2 is 2.33 bits per heavy atom. The summed E-state index contributed by atoms with van der Waals surface area (Å²) in [6, 6.07) is 5.73. The molecule has 0 aromatic heterocycles. The lowest BCUT2D eigenvalue weighted by Crippen LogP contribution is -2.28. The molecule has 0 saturated carbocycles. The average molecular weight is 288 g/mol. The summed E-state index contributed by atoms with van der Waals surface area (Å²) in [4.78, 5) is 25.2. The number of hydrogen-bond donors (Lipinski definition) is 1. The molecule has 1 unspecified atom stereocenters. The number of ether oxygens (including phenoxy) is 1. The molecule has 21 heavy (non-hydrogen) atoms. The molecule has 3 rings (SSSR count). The maximum absolute atomic E-state index is 12.0. The Morgan fingerprint density at radius 1 is 1.48 bits per heavy atom. The van der Waals surface area contributed by atoms with E-state index in [1.54, 1.807) is 4.90 Å². The minimum Gasteiger partial charge on any atom is -0.490 e. The second-order valence-corrected chi connectivity index (χ2v) is 5.74. The fraction of sp³-hybridized carbons (Fsp3) is 0.500. The first kappa shape index (κ1) is 13.9. The zero-order valence-electron chi connectivity index (χ0n) is 12.2.